The second kappa shape index (κ2) is 8.20. The molecule has 4 aliphatic rings. The average Bonchev–Trinajstić information content (AvgIpc) is 3.15. The lowest BCUT2D eigenvalue weighted by Gasteiger charge is -2.53. The molecule has 9 atom stereocenters. The van der Waals surface area contributed by atoms with E-state index in [1.54, 1.807) is 6.08 Å². The molecule has 0 aromatic rings. The Hall–Kier alpha value is -2.65. The van der Waals surface area contributed by atoms with Crippen LogP contribution < -0.4 is 0 Å². The quantitative estimate of drug-likeness (QED) is 0.414. The van der Waals surface area contributed by atoms with Crippen LogP contribution in [0.3, 0.4) is 0 Å². The highest BCUT2D eigenvalue weighted by molar-refractivity contribution is 6.01. The predicted molar refractivity (Wildman–Crippen MR) is 121 cm³/mol. The van der Waals surface area contributed by atoms with Crippen LogP contribution in [0.2, 0.25) is 0 Å². The van der Waals surface area contributed by atoms with Crippen molar-refractivity contribution in [3.05, 3.63) is 35.5 Å². The first kappa shape index (κ1) is 25.4. The van der Waals surface area contributed by atoms with Crippen LogP contribution in [0.15, 0.2) is 35.5 Å². The van der Waals surface area contributed by atoms with Gasteiger partial charge in [-0.15, -0.1) is 0 Å². The summed E-state index contributed by atoms with van der Waals surface area (Å²) in [5, 5.41) is 40.2. The maximum absolute atomic E-state index is 15.3. The first-order valence-corrected chi connectivity index (χ1v) is 11.9. The zero-order chi connectivity index (χ0) is 26.1. The van der Waals surface area contributed by atoms with Gasteiger partial charge < -0.3 is 20.4 Å². The van der Waals surface area contributed by atoms with E-state index in [1.165, 1.54) is 12.2 Å². The first-order valence-electron chi connectivity index (χ1n) is 11.9. The number of carbonyl (C=O) groups is 4. The third-order valence-corrected chi connectivity index (χ3v) is 9.34. The minimum Gasteiger partial charge on any atom is -0.481 e. The second-order valence-corrected chi connectivity index (χ2v) is 10.9. The fourth-order valence-electron chi connectivity index (χ4n) is 7.13. The fraction of sp³-hybridized carbons (Fsp3) is 0.615. The molecule has 0 spiro atoms. The van der Waals surface area contributed by atoms with E-state index in [2.05, 4.69) is 0 Å². The minimum absolute atomic E-state index is 0.138. The molecule has 0 heterocycles. The standard InChI is InChI=1S/C26H31FO8/c1-12(22(31)32)26(35,23(33)34)21(30)20(29)17-5-4-15-14-11-19(27)18-10-13(28)6-8-25(18,3)16(14)7-9-24(15,17)2/h6-8,10,12,14-15,17,19,21,30,35H,4-5,9,11H2,1-3H3,(H,31,32)(H,33,34)/t12?,14-,15-,17+,19-,21?,24-,25+,26?/m0/s1. The van der Waals surface area contributed by atoms with E-state index in [1.807, 2.05) is 19.9 Å². The van der Waals surface area contributed by atoms with Gasteiger partial charge in [-0.25, -0.2) is 9.18 Å². The maximum Gasteiger partial charge on any atom is 0.339 e. The number of ketones is 2. The second-order valence-electron chi connectivity index (χ2n) is 10.9. The minimum atomic E-state index is -3.19. The number of aliphatic carboxylic acids is 2. The molecule has 0 saturated heterocycles. The van der Waals surface area contributed by atoms with Crippen LogP contribution >= 0.6 is 0 Å². The summed E-state index contributed by atoms with van der Waals surface area (Å²) < 4.78 is 15.3. The molecule has 3 unspecified atom stereocenters. The lowest BCUT2D eigenvalue weighted by Crippen LogP contribution is -2.61. The molecule has 4 rings (SSSR count). The van der Waals surface area contributed by atoms with Gasteiger partial charge in [-0.2, -0.15) is 0 Å². The molecule has 9 heteroatoms. The van der Waals surface area contributed by atoms with Gasteiger partial charge in [0.05, 0.1) is 5.92 Å². The number of aliphatic hydroxyl groups excluding tert-OH is 1. The van der Waals surface area contributed by atoms with Crippen molar-refractivity contribution in [2.45, 2.75) is 64.3 Å². The molecule has 190 valence electrons. The summed E-state index contributed by atoms with van der Waals surface area (Å²) in [5.41, 5.74) is -3.22. The molecule has 0 bridgehead atoms. The van der Waals surface area contributed by atoms with Gasteiger partial charge in [0.1, 0.15) is 6.17 Å². The number of Topliss-reactive ketones (excluding diaryl/α,β-unsaturated/α-hetero) is 1. The molecule has 0 aliphatic heterocycles. The number of carboxylic acid groups (broad SMARTS) is 2. The van der Waals surface area contributed by atoms with Crippen LogP contribution in [-0.4, -0.2) is 61.8 Å². The Bertz CT molecular complexity index is 1090. The average molecular weight is 491 g/mol. The fourth-order valence-corrected chi connectivity index (χ4v) is 7.13. The van der Waals surface area contributed by atoms with Crippen molar-refractivity contribution in [2.24, 2.45) is 34.5 Å². The van der Waals surface area contributed by atoms with E-state index in [9.17, 15) is 39.6 Å². The highest BCUT2D eigenvalue weighted by atomic mass is 19.1. The monoisotopic (exact) mass is 490 g/mol. The van der Waals surface area contributed by atoms with Gasteiger partial charge in [-0.1, -0.05) is 24.6 Å². The van der Waals surface area contributed by atoms with Gasteiger partial charge >= 0.3 is 11.9 Å². The van der Waals surface area contributed by atoms with E-state index in [0.29, 0.717) is 24.8 Å². The van der Waals surface area contributed by atoms with E-state index in [4.69, 9.17) is 0 Å². The number of rotatable bonds is 6. The third kappa shape index (κ3) is 3.46. The molecule has 4 N–H and O–H groups in total. The summed E-state index contributed by atoms with van der Waals surface area (Å²) in [5.74, 6) is -7.92. The molecule has 8 nitrogen and oxygen atoms in total. The van der Waals surface area contributed by atoms with Crippen molar-refractivity contribution in [3.63, 3.8) is 0 Å². The highest BCUT2D eigenvalue weighted by Crippen LogP contribution is 2.64. The predicted octanol–water partition coefficient (Wildman–Crippen LogP) is 2.24. The summed E-state index contributed by atoms with van der Waals surface area (Å²) in [7, 11) is 0. The molecule has 0 aromatic heterocycles. The van der Waals surface area contributed by atoms with E-state index >= 15 is 4.39 Å². The highest BCUT2D eigenvalue weighted by Gasteiger charge is 2.62. The molecule has 4 aliphatic carbocycles. The maximum atomic E-state index is 15.3. The zero-order valence-corrected chi connectivity index (χ0v) is 19.9. The number of alkyl halides is 1. The van der Waals surface area contributed by atoms with Gasteiger partial charge in [-0.05, 0) is 74.5 Å². The van der Waals surface area contributed by atoms with Crippen LogP contribution in [0.5, 0.6) is 0 Å². The Morgan fingerprint density at radius 1 is 1.17 bits per heavy atom. The molecule has 0 aromatic carbocycles. The third-order valence-electron chi connectivity index (χ3n) is 9.34. The lowest BCUT2D eigenvalue weighted by atomic mass is 9.51. The number of carbonyl (C=O) groups excluding carboxylic acids is 2. The Balaban J connectivity index is 1.68. The van der Waals surface area contributed by atoms with Gasteiger partial charge in [-0.3, -0.25) is 14.4 Å². The zero-order valence-electron chi connectivity index (χ0n) is 19.9. The number of hydrogen-bond acceptors (Lipinski definition) is 6. The van der Waals surface area contributed by atoms with Crippen molar-refractivity contribution in [2.75, 3.05) is 0 Å². The van der Waals surface area contributed by atoms with Crippen LogP contribution in [-0.2, 0) is 19.2 Å². The summed E-state index contributed by atoms with van der Waals surface area (Å²) in [6, 6.07) is 0. The first-order chi connectivity index (χ1) is 16.2. The number of carboxylic acids is 2. The summed E-state index contributed by atoms with van der Waals surface area (Å²) >= 11 is 0. The van der Waals surface area contributed by atoms with Gasteiger partial charge in [0, 0.05) is 11.3 Å². The van der Waals surface area contributed by atoms with Crippen molar-refractivity contribution in [1.82, 2.24) is 0 Å². The molecule has 2 saturated carbocycles. The summed E-state index contributed by atoms with van der Waals surface area (Å²) in [6.45, 7) is 4.67. The number of allylic oxidation sites excluding steroid dienone is 6. The van der Waals surface area contributed by atoms with Crippen molar-refractivity contribution in [1.29, 1.82) is 0 Å². The van der Waals surface area contributed by atoms with Gasteiger partial charge in [0.25, 0.3) is 0 Å². The molecule has 35 heavy (non-hydrogen) atoms. The number of aliphatic hydroxyl groups is 2. The van der Waals surface area contributed by atoms with Gasteiger partial charge in [0.2, 0.25) is 5.60 Å². The molecule has 2 fully saturated rings. The lowest BCUT2D eigenvalue weighted by molar-refractivity contribution is -0.192. The molecule has 0 amide bonds. The smallest absolute Gasteiger partial charge is 0.339 e. The normalized spacial score (nSPS) is 39.2. The van der Waals surface area contributed by atoms with Crippen molar-refractivity contribution >= 4 is 23.5 Å². The van der Waals surface area contributed by atoms with Crippen molar-refractivity contribution < 1.29 is 44.0 Å². The van der Waals surface area contributed by atoms with E-state index in [-0.39, 0.29) is 24.0 Å². The van der Waals surface area contributed by atoms with Crippen molar-refractivity contribution in [3.8, 4) is 0 Å². The summed E-state index contributed by atoms with van der Waals surface area (Å²) in [4.78, 5) is 48.5. The van der Waals surface area contributed by atoms with Crippen LogP contribution in [0, 0.1) is 34.5 Å². The number of hydrogen-bond donors (Lipinski definition) is 4. The van der Waals surface area contributed by atoms with Crippen LogP contribution in [0.1, 0.15) is 46.5 Å². The molecular formula is C26H31FO8. The molecule has 0 radical (unpaired) electrons. The Morgan fingerprint density at radius 3 is 2.43 bits per heavy atom. The number of fused-ring (bicyclic) bond motifs is 5. The Labute approximate surface area is 202 Å². The van der Waals surface area contributed by atoms with E-state index < -0.39 is 58.3 Å². The molecular weight excluding hydrogens is 459 g/mol. The number of halogens is 1. The Morgan fingerprint density at radius 2 is 1.83 bits per heavy atom. The van der Waals surface area contributed by atoms with Gasteiger partial charge in [0.15, 0.2) is 17.7 Å². The van der Waals surface area contributed by atoms with Crippen LogP contribution in [0.4, 0.5) is 4.39 Å². The summed E-state index contributed by atoms with van der Waals surface area (Å²) in [6.07, 6.45) is 4.17. The van der Waals surface area contributed by atoms with E-state index in [0.717, 1.165) is 12.5 Å². The van der Waals surface area contributed by atoms with Crippen LogP contribution in [0.25, 0.3) is 0 Å². The SMILES string of the molecule is CC(C(=O)O)C(O)(C(=O)O)C(O)C(=O)[C@H]1CC[C@H]2[C@@H]3C[C@H](F)C4=CC(=O)C=C[C@]4(C)C3=CC[C@]12C. The Kier molecular flexibility index (Phi) is 5.96. The largest absolute Gasteiger partial charge is 0.481 e. The topological polar surface area (TPSA) is 149 Å².